The highest BCUT2D eigenvalue weighted by atomic mass is 16.7. The van der Waals surface area contributed by atoms with Gasteiger partial charge in [-0.25, -0.2) is 0 Å². The van der Waals surface area contributed by atoms with Crippen molar-refractivity contribution in [1.82, 2.24) is 16.0 Å². The average Bonchev–Trinajstić information content (AvgIpc) is 3.66. The molecule has 3 aliphatic rings. The molecular formula is C50H93N3O30. The number of nitrogens with one attached hydrogen (secondary N) is 3. The Morgan fingerprint density at radius 2 is 0.578 bits per heavy atom. The number of carbonyl (C=O) groups excluding carboxylic acids is 3. The van der Waals surface area contributed by atoms with Crippen molar-refractivity contribution in [2.75, 3.05) is 178 Å². The fraction of sp³-hybridized carbons (Fsp3) is 0.940. The number of hydrogen-bond acceptors (Lipinski definition) is 30. The first-order valence-electron chi connectivity index (χ1n) is 27.7. The minimum absolute atomic E-state index is 0.0108. The number of rotatable bonds is 48. The highest BCUT2D eigenvalue weighted by Gasteiger charge is 2.46. The molecular weight excluding hydrogens is 1120 g/mol. The van der Waals surface area contributed by atoms with Crippen molar-refractivity contribution in [2.24, 2.45) is 5.41 Å². The van der Waals surface area contributed by atoms with Crippen molar-refractivity contribution in [3.63, 3.8) is 0 Å². The van der Waals surface area contributed by atoms with E-state index < -0.39 is 117 Å². The molecule has 33 heteroatoms. The molecule has 6 unspecified atom stereocenters. The minimum Gasteiger partial charge on any atom is -0.394 e. The third-order valence-corrected chi connectivity index (χ3v) is 12.7. The number of ether oxygens (including phenoxy) is 15. The van der Waals surface area contributed by atoms with E-state index in [1.165, 1.54) is 0 Å². The van der Waals surface area contributed by atoms with Gasteiger partial charge < -0.3 is 148 Å². The second-order valence-corrected chi connectivity index (χ2v) is 19.6. The van der Waals surface area contributed by atoms with E-state index in [4.69, 9.17) is 71.1 Å². The summed E-state index contributed by atoms with van der Waals surface area (Å²) in [5.74, 6) is -0.847. The zero-order valence-corrected chi connectivity index (χ0v) is 47.1. The van der Waals surface area contributed by atoms with E-state index in [-0.39, 0.29) is 195 Å². The SMILES string of the molecule is CC(COCCC(=O)NCCOCCOCCO[C@H]1OC(CO)[C@@H](O)[C@H](O)C1O)(COCCC(=O)NCCOCCOCCO[C@H]1OC(CO)[C@@H](O)C(O)[C@H]1O)COCCC(=O)NCCOCCOCCO[C@H]1OC(CO)[C@@H](O)C(O)[C@H]1O. The Morgan fingerprint density at radius 1 is 0.337 bits per heavy atom. The summed E-state index contributed by atoms with van der Waals surface area (Å²) in [7, 11) is 0. The molecule has 0 aliphatic carbocycles. The molecule has 3 heterocycles. The molecule has 3 fully saturated rings. The van der Waals surface area contributed by atoms with Gasteiger partial charge in [0.15, 0.2) is 18.9 Å². The van der Waals surface area contributed by atoms with Crippen LogP contribution in [0.15, 0.2) is 0 Å². The normalized spacial score (nSPS) is 29.1. The predicted molar refractivity (Wildman–Crippen MR) is 278 cm³/mol. The molecule has 0 aromatic carbocycles. The van der Waals surface area contributed by atoms with Gasteiger partial charge in [0.25, 0.3) is 0 Å². The Kier molecular flexibility index (Phi) is 39.4. The monoisotopic (exact) mass is 1220 g/mol. The lowest BCUT2D eigenvalue weighted by molar-refractivity contribution is -0.302. The van der Waals surface area contributed by atoms with Crippen molar-refractivity contribution in [2.45, 2.75) is 118 Å². The van der Waals surface area contributed by atoms with Gasteiger partial charge in [0.05, 0.1) is 159 Å². The Bertz CT molecular complexity index is 1500. The van der Waals surface area contributed by atoms with Crippen molar-refractivity contribution >= 4 is 17.7 Å². The summed E-state index contributed by atoms with van der Waals surface area (Å²) >= 11 is 0. The highest BCUT2D eigenvalue weighted by molar-refractivity contribution is 5.76. The molecule has 488 valence electrons. The standard InChI is InChI=1S/C50H93N3O30/c1-50(29-75-8-2-35(57)51-5-11-69-14-17-72-20-23-78-47-44(66)41(63)38(60)32(26-54)81-47,30-76-9-3-36(58)52-6-12-70-15-18-73-21-24-79-48-45(67)42(64)39(61)33(27-55)82-48)31-77-10-4-37(59)53-7-13-71-16-19-74-22-25-80-49-46(68)43(65)40(62)34(28-56)83-49/h32-34,38-49,54-56,60-68H,2-31H2,1H3,(H,51,57)(H,52,58)(H,53,59)/t32?,33?,34?,38-,39-,40-,41+,42?,43?,44?,45-,46-,47+,48+,49+,50?/m1/s1. The van der Waals surface area contributed by atoms with Gasteiger partial charge in [-0.15, -0.1) is 0 Å². The highest BCUT2D eigenvalue weighted by Crippen LogP contribution is 2.25. The maximum Gasteiger partial charge on any atom is 0.222 e. The maximum absolute atomic E-state index is 12.5. The Hall–Kier alpha value is -2.67. The zero-order chi connectivity index (χ0) is 60.8. The molecule has 3 aliphatic heterocycles. The lowest BCUT2D eigenvalue weighted by Gasteiger charge is -2.39. The van der Waals surface area contributed by atoms with Gasteiger partial charge in [0.2, 0.25) is 17.7 Å². The molecule has 83 heavy (non-hydrogen) atoms. The summed E-state index contributed by atoms with van der Waals surface area (Å²) < 4.78 is 82.2. The fourth-order valence-electron chi connectivity index (χ4n) is 7.88. The summed E-state index contributed by atoms with van der Waals surface area (Å²) in [5.41, 5.74) is -0.755. The lowest BCUT2D eigenvalue weighted by Crippen LogP contribution is -2.59. The van der Waals surface area contributed by atoms with Crippen LogP contribution in [0.2, 0.25) is 0 Å². The topological polar surface area (TPSA) is 469 Å². The second-order valence-electron chi connectivity index (χ2n) is 19.6. The van der Waals surface area contributed by atoms with E-state index in [1.807, 2.05) is 6.92 Å². The third kappa shape index (κ3) is 29.7. The van der Waals surface area contributed by atoms with Gasteiger partial charge in [-0.3, -0.25) is 14.4 Å². The summed E-state index contributed by atoms with van der Waals surface area (Å²) in [5, 5.41) is 125. The fourth-order valence-corrected chi connectivity index (χ4v) is 7.88. The van der Waals surface area contributed by atoms with Gasteiger partial charge in [0.1, 0.15) is 73.2 Å². The first-order chi connectivity index (χ1) is 40.0. The Balaban J connectivity index is 1.26. The number of aliphatic hydroxyl groups excluding tert-OH is 12. The minimum atomic E-state index is -1.55. The molecule has 0 aromatic rings. The van der Waals surface area contributed by atoms with E-state index >= 15 is 0 Å². The Morgan fingerprint density at radius 3 is 0.831 bits per heavy atom. The van der Waals surface area contributed by atoms with Crippen LogP contribution in [0.1, 0.15) is 26.2 Å². The molecule has 0 saturated carbocycles. The number of carbonyl (C=O) groups is 3. The molecule has 15 atom stereocenters. The van der Waals surface area contributed by atoms with Crippen molar-refractivity contribution in [1.29, 1.82) is 0 Å². The van der Waals surface area contributed by atoms with E-state index in [0.717, 1.165) is 0 Å². The first-order valence-corrected chi connectivity index (χ1v) is 27.7. The van der Waals surface area contributed by atoms with Crippen LogP contribution in [0.4, 0.5) is 0 Å². The lowest BCUT2D eigenvalue weighted by atomic mass is 9.94. The number of aliphatic hydroxyl groups is 12. The van der Waals surface area contributed by atoms with E-state index in [2.05, 4.69) is 16.0 Å². The maximum atomic E-state index is 12.5. The van der Waals surface area contributed by atoms with Crippen LogP contribution < -0.4 is 16.0 Å². The molecule has 3 saturated heterocycles. The average molecular weight is 1220 g/mol. The largest absolute Gasteiger partial charge is 0.394 e. The molecule has 3 amide bonds. The first kappa shape index (κ1) is 74.6. The van der Waals surface area contributed by atoms with Crippen LogP contribution in [0.3, 0.4) is 0 Å². The van der Waals surface area contributed by atoms with Crippen LogP contribution in [0, 0.1) is 5.41 Å². The van der Waals surface area contributed by atoms with E-state index in [1.54, 1.807) is 0 Å². The van der Waals surface area contributed by atoms with E-state index in [0.29, 0.717) is 0 Å². The summed E-state index contributed by atoms with van der Waals surface area (Å²) in [6, 6.07) is 0. The summed E-state index contributed by atoms with van der Waals surface area (Å²) in [6.45, 7) is 3.37. The van der Waals surface area contributed by atoms with Crippen molar-refractivity contribution in [3.8, 4) is 0 Å². The van der Waals surface area contributed by atoms with Crippen LogP contribution >= 0.6 is 0 Å². The van der Waals surface area contributed by atoms with Crippen LogP contribution in [0.5, 0.6) is 0 Å². The molecule has 15 N–H and O–H groups in total. The molecule has 0 spiro atoms. The van der Waals surface area contributed by atoms with Gasteiger partial charge in [-0.1, -0.05) is 6.92 Å². The second kappa shape index (κ2) is 43.9. The van der Waals surface area contributed by atoms with Gasteiger partial charge in [-0.2, -0.15) is 0 Å². The molecule has 33 nitrogen and oxygen atoms in total. The van der Waals surface area contributed by atoms with Gasteiger partial charge >= 0.3 is 0 Å². The third-order valence-electron chi connectivity index (χ3n) is 12.7. The Labute approximate surface area is 481 Å². The molecule has 0 radical (unpaired) electrons. The predicted octanol–water partition coefficient (Wildman–Crippen LogP) is -8.89. The zero-order valence-electron chi connectivity index (χ0n) is 47.1. The van der Waals surface area contributed by atoms with Gasteiger partial charge in [0, 0.05) is 44.3 Å². The number of hydrogen-bond donors (Lipinski definition) is 15. The van der Waals surface area contributed by atoms with Crippen molar-refractivity contribution < 1.29 is 147 Å². The van der Waals surface area contributed by atoms with Crippen LogP contribution in [0.25, 0.3) is 0 Å². The van der Waals surface area contributed by atoms with Crippen LogP contribution in [-0.4, -0.2) is 349 Å². The van der Waals surface area contributed by atoms with E-state index in [9.17, 15) is 75.7 Å². The molecule has 0 aromatic heterocycles. The quantitative estimate of drug-likeness (QED) is 0.0252. The smallest absolute Gasteiger partial charge is 0.222 e. The number of amides is 3. The summed E-state index contributed by atoms with van der Waals surface area (Å²) in [6.07, 6.45) is -20.5. The molecule has 0 bridgehead atoms. The van der Waals surface area contributed by atoms with Crippen LogP contribution in [-0.2, 0) is 85.4 Å². The summed E-state index contributed by atoms with van der Waals surface area (Å²) in [4.78, 5) is 37.5. The van der Waals surface area contributed by atoms with Crippen molar-refractivity contribution in [3.05, 3.63) is 0 Å². The van der Waals surface area contributed by atoms with Gasteiger partial charge in [-0.05, 0) is 0 Å². The molecule has 3 rings (SSSR count).